The van der Waals surface area contributed by atoms with Crippen LogP contribution >= 0.6 is 46.4 Å². The van der Waals surface area contributed by atoms with Gasteiger partial charge in [-0.05, 0) is 12.1 Å². The second-order valence-corrected chi connectivity index (χ2v) is 6.67. The van der Waals surface area contributed by atoms with Gasteiger partial charge in [0.25, 0.3) is 11.8 Å². The summed E-state index contributed by atoms with van der Waals surface area (Å²) >= 11 is 22.9. The first kappa shape index (κ1) is 23.3. The first-order valence-corrected chi connectivity index (χ1v) is 10.2. The number of benzene rings is 1. The number of rotatable bonds is 12. The van der Waals surface area contributed by atoms with E-state index in [2.05, 4.69) is 10.9 Å². The van der Waals surface area contributed by atoms with Crippen molar-refractivity contribution in [1.82, 2.24) is 20.9 Å². The fraction of sp³-hybridized carbons (Fsp3) is 0.500. The number of amides is 2. The molecule has 26 heavy (non-hydrogen) atoms. The van der Waals surface area contributed by atoms with Gasteiger partial charge in [-0.25, -0.2) is 10.0 Å². The van der Waals surface area contributed by atoms with Crippen LogP contribution in [0.4, 0.5) is 0 Å². The molecule has 1 aromatic carbocycles. The minimum Gasteiger partial charge on any atom is -0.285 e. The monoisotopic (exact) mass is 442 g/mol. The maximum atomic E-state index is 12.6. The quantitative estimate of drug-likeness (QED) is 0.385. The minimum absolute atomic E-state index is 0.246. The molecule has 0 bridgehead atoms. The van der Waals surface area contributed by atoms with Crippen LogP contribution in [0.1, 0.15) is 20.7 Å². The van der Waals surface area contributed by atoms with Gasteiger partial charge in [-0.2, -0.15) is 0 Å². The Kier molecular flexibility index (Phi) is 12.0. The second-order valence-electron chi connectivity index (χ2n) is 5.16. The summed E-state index contributed by atoms with van der Waals surface area (Å²) in [4.78, 5) is 25.2. The molecule has 0 saturated heterocycles. The molecular formula is C16H22Cl4N4O2. The molecule has 0 spiro atoms. The lowest BCUT2D eigenvalue weighted by Gasteiger charge is -2.23. The third-order valence-electron chi connectivity index (χ3n) is 3.35. The molecule has 0 atom stereocenters. The standard InChI is InChI=1S/C16H22Cl4N4O2/c17-5-9-23(10-6-18)21-15(25)13-3-1-2-4-14(13)16(26)22-24(11-7-19)12-8-20/h1-4H,5-12H2,(H,21,25)(H,22,26). The second kappa shape index (κ2) is 13.4. The van der Waals surface area contributed by atoms with E-state index in [1.54, 1.807) is 34.3 Å². The van der Waals surface area contributed by atoms with Gasteiger partial charge in [-0.15, -0.1) is 46.4 Å². The third-order valence-corrected chi connectivity index (χ3v) is 4.03. The molecule has 0 radical (unpaired) electrons. The number of nitrogens with zero attached hydrogens (tertiary/aromatic N) is 2. The van der Waals surface area contributed by atoms with Gasteiger partial charge in [0.15, 0.2) is 0 Å². The number of hydrazine groups is 2. The molecule has 0 aliphatic heterocycles. The van der Waals surface area contributed by atoms with Gasteiger partial charge >= 0.3 is 0 Å². The lowest BCUT2D eigenvalue weighted by Crippen LogP contribution is -2.46. The van der Waals surface area contributed by atoms with Crippen molar-refractivity contribution in [3.63, 3.8) is 0 Å². The Hall–Kier alpha value is -0.760. The van der Waals surface area contributed by atoms with E-state index in [1.165, 1.54) is 0 Å². The van der Waals surface area contributed by atoms with E-state index in [1.807, 2.05) is 0 Å². The van der Waals surface area contributed by atoms with E-state index < -0.39 is 11.8 Å². The summed E-state index contributed by atoms with van der Waals surface area (Å²) in [7, 11) is 0. The molecule has 6 nitrogen and oxygen atoms in total. The van der Waals surface area contributed by atoms with E-state index in [-0.39, 0.29) is 11.1 Å². The maximum Gasteiger partial charge on any atom is 0.266 e. The van der Waals surface area contributed by atoms with Crippen molar-refractivity contribution in [2.75, 3.05) is 49.7 Å². The molecule has 1 aromatic rings. The van der Waals surface area contributed by atoms with Gasteiger partial charge in [-0.3, -0.25) is 20.4 Å². The highest BCUT2D eigenvalue weighted by Gasteiger charge is 2.19. The van der Waals surface area contributed by atoms with Crippen molar-refractivity contribution >= 4 is 58.2 Å². The summed E-state index contributed by atoms with van der Waals surface area (Å²) in [6.07, 6.45) is 0. The van der Waals surface area contributed by atoms with Crippen LogP contribution in [0, 0.1) is 0 Å². The van der Waals surface area contributed by atoms with E-state index in [9.17, 15) is 9.59 Å². The molecule has 2 N–H and O–H groups in total. The third kappa shape index (κ3) is 7.86. The predicted molar refractivity (Wildman–Crippen MR) is 107 cm³/mol. The van der Waals surface area contributed by atoms with E-state index in [0.29, 0.717) is 49.7 Å². The smallest absolute Gasteiger partial charge is 0.266 e. The topological polar surface area (TPSA) is 64.7 Å². The van der Waals surface area contributed by atoms with Crippen molar-refractivity contribution in [2.45, 2.75) is 0 Å². The first-order chi connectivity index (χ1) is 12.6. The SMILES string of the molecule is O=C(NN(CCCl)CCCl)c1ccccc1C(=O)NN(CCCl)CCCl. The molecule has 0 aliphatic carbocycles. The molecule has 146 valence electrons. The van der Waals surface area contributed by atoms with Crippen LogP contribution in [0.15, 0.2) is 24.3 Å². The molecule has 0 heterocycles. The molecule has 0 saturated carbocycles. The molecule has 0 fully saturated rings. The van der Waals surface area contributed by atoms with Crippen molar-refractivity contribution in [1.29, 1.82) is 0 Å². The zero-order valence-corrected chi connectivity index (χ0v) is 17.2. The van der Waals surface area contributed by atoms with Gasteiger partial charge in [0.2, 0.25) is 0 Å². The van der Waals surface area contributed by atoms with Crippen LogP contribution in [0.5, 0.6) is 0 Å². The summed E-state index contributed by atoms with van der Waals surface area (Å²) in [5.74, 6) is 0.534. The molecular weight excluding hydrogens is 422 g/mol. The van der Waals surface area contributed by atoms with Gasteiger partial charge in [0.1, 0.15) is 0 Å². The van der Waals surface area contributed by atoms with Gasteiger partial charge in [0.05, 0.1) is 11.1 Å². The Balaban J connectivity index is 2.91. The Morgan fingerprint density at radius 2 is 1.00 bits per heavy atom. The summed E-state index contributed by atoms with van der Waals surface area (Å²) in [6, 6.07) is 6.54. The highest BCUT2D eigenvalue weighted by Crippen LogP contribution is 2.10. The fourth-order valence-corrected chi connectivity index (χ4v) is 2.96. The Morgan fingerprint density at radius 3 is 1.27 bits per heavy atom. The predicted octanol–water partition coefficient (Wildman–Crippen LogP) is 2.54. The zero-order chi connectivity index (χ0) is 19.4. The summed E-state index contributed by atoms with van der Waals surface area (Å²) in [6.45, 7) is 1.75. The number of carbonyl (C=O) groups is 2. The van der Waals surface area contributed by atoms with Crippen molar-refractivity contribution in [3.8, 4) is 0 Å². The maximum absolute atomic E-state index is 12.6. The first-order valence-electron chi connectivity index (χ1n) is 8.02. The molecule has 10 heteroatoms. The number of carbonyl (C=O) groups excluding carboxylic acids is 2. The molecule has 0 unspecified atom stereocenters. The van der Waals surface area contributed by atoms with Crippen LogP contribution in [-0.2, 0) is 0 Å². The van der Waals surface area contributed by atoms with Gasteiger partial charge in [0, 0.05) is 49.7 Å². The van der Waals surface area contributed by atoms with E-state index >= 15 is 0 Å². The highest BCUT2D eigenvalue weighted by atomic mass is 35.5. The Morgan fingerprint density at radius 1 is 0.692 bits per heavy atom. The number of halogens is 4. The summed E-state index contributed by atoms with van der Waals surface area (Å²) < 4.78 is 0. The zero-order valence-electron chi connectivity index (χ0n) is 14.2. The van der Waals surface area contributed by atoms with Gasteiger partial charge < -0.3 is 0 Å². The average Bonchev–Trinajstić information content (AvgIpc) is 2.62. The fourth-order valence-electron chi connectivity index (χ4n) is 2.14. The highest BCUT2D eigenvalue weighted by molar-refractivity contribution is 6.19. The van der Waals surface area contributed by atoms with Crippen molar-refractivity contribution in [3.05, 3.63) is 35.4 Å². The summed E-state index contributed by atoms with van der Waals surface area (Å²) in [5.41, 5.74) is 5.94. The van der Waals surface area contributed by atoms with Crippen LogP contribution in [-0.4, -0.2) is 71.5 Å². The van der Waals surface area contributed by atoms with E-state index in [0.717, 1.165) is 0 Å². The van der Waals surface area contributed by atoms with Crippen molar-refractivity contribution < 1.29 is 9.59 Å². The number of nitrogens with one attached hydrogen (secondary N) is 2. The minimum atomic E-state index is -0.410. The average molecular weight is 444 g/mol. The van der Waals surface area contributed by atoms with Crippen LogP contribution in [0.3, 0.4) is 0 Å². The number of alkyl halides is 4. The summed E-state index contributed by atoms with van der Waals surface area (Å²) in [5, 5.41) is 3.23. The van der Waals surface area contributed by atoms with Gasteiger partial charge in [-0.1, -0.05) is 12.1 Å². The lowest BCUT2D eigenvalue weighted by molar-refractivity contribution is 0.0772. The number of hydrogen-bond acceptors (Lipinski definition) is 4. The van der Waals surface area contributed by atoms with Crippen LogP contribution in [0.25, 0.3) is 0 Å². The Bertz CT molecular complexity index is 516. The normalized spacial score (nSPS) is 11.0. The Labute approximate surface area is 173 Å². The van der Waals surface area contributed by atoms with Crippen LogP contribution < -0.4 is 10.9 Å². The van der Waals surface area contributed by atoms with Crippen molar-refractivity contribution in [2.24, 2.45) is 0 Å². The number of hydrogen-bond donors (Lipinski definition) is 2. The molecule has 1 rings (SSSR count). The molecule has 0 aliphatic rings. The lowest BCUT2D eigenvalue weighted by atomic mass is 10.1. The molecule has 0 aromatic heterocycles. The van der Waals surface area contributed by atoms with Crippen LogP contribution in [0.2, 0.25) is 0 Å². The van der Waals surface area contributed by atoms with E-state index in [4.69, 9.17) is 46.4 Å². The molecule has 2 amide bonds. The largest absolute Gasteiger partial charge is 0.285 e.